The minimum absolute atomic E-state index is 0.0307. The summed E-state index contributed by atoms with van der Waals surface area (Å²) in [7, 11) is 0. The molecule has 0 unspecified atom stereocenters. The molecule has 18 heavy (non-hydrogen) atoms. The smallest absolute Gasteiger partial charge is 0.124 e. The molecule has 94 valence electrons. The van der Waals surface area contributed by atoms with Gasteiger partial charge in [0, 0.05) is 29.6 Å². The van der Waals surface area contributed by atoms with Crippen molar-refractivity contribution >= 4 is 0 Å². The lowest BCUT2D eigenvalue weighted by molar-refractivity contribution is 0.301. The normalized spacial score (nSPS) is 12.2. The number of para-hydroxylation sites is 1. The van der Waals surface area contributed by atoms with Gasteiger partial charge in [0.1, 0.15) is 12.4 Å². The molecule has 2 N–H and O–H groups in total. The lowest BCUT2D eigenvalue weighted by atomic mass is 10.1. The summed E-state index contributed by atoms with van der Waals surface area (Å²) in [4.78, 5) is 4.15. The molecule has 3 nitrogen and oxygen atoms in total. The van der Waals surface area contributed by atoms with Gasteiger partial charge in [-0.1, -0.05) is 18.2 Å². The highest BCUT2D eigenvalue weighted by atomic mass is 16.5. The van der Waals surface area contributed by atoms with Gasteiger partial charge < -0.3 is 10.5 Å². The van der Waals surface area contributed by atoms with Gasteiger partial charge in [0.05, 0.1) is 0 Å². The minimum Gasteiger partial charge on any atom is -0.489 e. The van der Waals surface area contributed by atoms with E-state index in [4.69, 9.17) is 10.5 Å². The Morgan fingerprint density at radius 2 is 2.06 bits per heavy atom. The van der Waals surface area contributed by atoms with E-state index in [1.54, 1.807) is 0 Å². The Kier molecular flexibility index (Phi) is 3.95. The van der Waals surface area contributed by atoms with Crippen LogP contribution in [-0.2, 0) is 6.61 Å². The third-order valence-electron chi connectivity index (χ3n) is 2.74. The van der Waals surface area contributed by atoms with Crippen LogP contribution in [0.25, 0.3) is 0 Å². The minimum atomic E-state index is -0.0307. The van der Waals surface area contributed by atoms with Gasteiger partial charge in [-0.25, -0.2) is 0 Å². The molecule has 1 aromatic heterocycles. The van der Waals surface area contributed by atoms with Crippen LogP contribution in [0.1, 0.15) is 29.7 Å². The van der Waals surface area contributed by atoms with Gasteiger partial charge in [-0.05, 0) is 31.5 Å². The van der Waals surface area contributed by atoms with Crippen LogP contribution in [0.3, 0.4) is 0 Å². The molecule has 3 heteroatoms. The Balaban J connectivity index is 2.11. The van der Waals surface area contributed by atoms with E-state index in [9.17, 15) is 0 Å². The number of hydrogen-bond acceptors (Lipinski definition) is 3. The second-order valence-electron chi connectivity index (χ2n) is 4.49. The summed E-state index contributed by atoms with van der Waals surface area (Å²) in [5, 5.41) is 0. The highest BCUT2D eigenvalue weighted by molar-refractivity contribution is 5.35. The maximum absolute atomic E-state index is 5.92. The molecular formula is C15H18N2O. The number of pyridine rings is 1. The molecule has 2 rings (SSSR count). The fourth-order valence-corrected chi connectivity index (χ4v) is 1.85. The molecule has 2 aromatic rings. The van der Waals surface area contributed by atoms with E-state index in [2.05, 4.69) is 11.1 Å². The molecule has 0 bridgehead atoms. The van der Waals surface area contributed by atoms with Crippen molar-refractivity contribution in [1.29, 1.82) is 0 Å². The van der Waals surface area contributed by atoms with E-state index in [1.807, 2.05) is 50.5 Å². The van der Waals surface area contributed by atoms with Crippen LogP contribution in [-0.4, -0.2) is 4.98 Å². The molecule has 0 amide bonds. The SMILES string of the molecule is Cc1cncc(COc2ccccc2[C@H](C)N)c1. The third kappa shape index (κ3) is 3.08. The molecule has 1 atom stereocenters. The summed E-state index contributed by atoms with van der Waals surface area (Å²) < 4.78 is 5.82. The zero-order chi connectivity index (χ0) is 13.0. The highest BCUT2D eigenvalue weighted by Crippen LogP contribution is 2.24. The van der Waals surface area contributed by atoms with Crippen LogP contribution in [0.15, 0.2) is 42.7 Å². The Morgan fingerprint density at radius 1 is 1.28 bits per heavy atom. The average molecular weight is 242 g/mol. The van der Waals surface area contributed by atoms with Gasteiger partial charge in [-0.15, -0.1) is 0 Å². The molecule has 0 aliphatic carbocycles. The van der Waals surface area contributed by atoms with Gasteiger partial charge in [-0.3, -0.25) is 4.98 Å². The van der Waals surface area contributed by atoms with E-state index >= 15 is 0 Å². The first-order valence-corrected chi connectivity index (χ1v) is 6.04. The fourth-order valence-electron chi connectivity index (χ4n) is 1.85. The topological polar surface area (TPSA) is 48.1 Å². The van der Waals surface area contributed by atoms with Crippen LogP contribution in [0.2, 0.25) is 0 Å². The molecule has 0 spiro atoms. The number of benzene rings is 1. The Labute approximate surface area is 108 Å². The Bertz CT molecular complexity index is 523. The van der Waals surface area contributed by atoms with Gasteiger partial charge in [-0.2, -0.15) is 0 Å². The summed E-state index contributed by atoms with van der Waals surface area (Å²) in [6.07, 6.45) is 3.65. The van der Waals surface area contributed by atoms with Gasteiger partial charge >= 0.3 is 0 Å². The zero-order valence-electron chi connectivity index (χ0n) is 10.8. The summed E-state index contributed by atoms with van der Waals surface area (Å²) in [6.45, 7) is 4.49. The van der Waals surface area contributed by atoms with Crippen LogP contribution in [0.4, 0.5) is 0 Å². The summed E-state index contributed by atoms with van der Waals surface area (Å²) in [5.74, 6) is 0.842. The van der Waals surface area contributed by atoms with Crippen molar-refractivity contribution in [3.05, 3.63) is 59.4 Å². The number of aromatic nitrogens is 1. The summed E-state index contributed by atoms with van der Waals surface area (Å²) in [6, 6.07) is 9.91. The molecule has 1 aromatic carbocycles. The van der Waals surface area contributed by atoms with Crippen molar-refractivity contribution in [3.8, 4) is 5.75 Å². The molecule has 0 saturated heterocycles. The van der Waals surface area contributed by atoms with Gasteiger partial charge in [0.2, 0.25) is 0 Å². The largest absolute Gasteiger partial charge is 0.489 e. The average Bonchev–Trinajstić information content (AvgIpc) is 2.37. The number of ether oxygens (including phenoxy) is 1. The predicted molar refractivity (Wildman–Crippen MR) is 72.4 cm³/mol. The molecule has 0 radical (unpaired) electrons. The van der Waals surface area contributed by atoms with Crippen LogP contribution in [0.5, 0.6) is 5.75 Å². The molecule has 0 aliphatic heterocycles. The third-order valence-corrected chi connectivity index (χ3v) is 2.74. The Morgan fingerprint density at radius 3 is 2.78 bits per heavy atom. The standard InChI is InChI=1S/C15H18N2O/c1-11-7-13(9-17-8-11)10-18-15-6-4-3-5-14(15)12(2)16/h3-9,12H,10,16H2,1-2H3/t12-/m0/s1. The van der Waals surface area contributed by atoms with E-state index in [-0.39, 0.29) is 6.04 Å². The highest BCUT2D eigenvalue weighted by Gasteiger charge is 2.07. The lowest BCUT2D eigenvalue weighted by Crippen LogP contribution is -2.08. The lowest BCUT2D eigenvalue weighted by Gasteiger charge is -2.13. The first-order chi connectivity index (χ1) is 8.66. The summed E-state index contributed by atoms with van der Waals surface area (Å²) in [5.41, 5.74) is 9.14. The summed E-state index contributed by atoms with van der Waals surface area (Å²) >= 11 is 0. The van der Waals surface area contributed by atoms with Gasteiger partial charge in [0.15, 0.2) is 0 Å². The van der Waals surface area contributed by atoms with Crippen molar-refractivity contribution in [3.63, 3.8) is 0 Å². The van der Waals surface area contributed by atoms with Crippen molar-refractivity contribution in [2.24, 2.45) is 5.73 Å². The van der Waals surface area contributed by atoms with E-state index in [0.717, 1.165) is 22.4 Å². The van der Waals surface area contributed by atoms with Crippen LogP contribution < -0.4 is 10.5 Å². The molecule has 0 aliphatic rings. The number of rotatable bonds is 4. The van der Waals surface area contributed by atoms with E-state index in [1.165, 1.54) is 0 Å². The number of nitrogens with zero attached hydrogens (tertiary/aromatic N) is 1. The molecule has 1 heterocycles. The van der Waals surface area contributed by atoms with Gasteiger partial charge in [0.25, 0.3) is 0 Å². The van der Waals surface area contributed by atoms with Crippen molar-refractivity contribution in [1.82, 2.24) is 4.98 Å². The van der Waals surface area contributed by atoms with E-state index < -0.39 is 0 Å². The predicted octanol–water partition coefficient (Wildman–Crippen LogP) is 2.99. The van der Waals surface area contributed by atoms with Crippen LogP contribution in [0, 0.1) is 6.92 Å². The van der Waals surface area contributed by atoms with E-state index in [0.29, 0.717) is 6.61 Å². The molecular weight excluding hydrogens is 224 g/mol. The Hall–Kier alpha value is -1.87. The molecule has 0 saturated carbocycles. The van der Waals surface area contributed by atoms with Crippen molar-refractivity contribution in [2.75, 3.05) is 0 Å². The number of hydrogen-bond donors (Lipinski definition) is 1. The second kappa shape index (κ2) is 5.65. The second-order valence-corrected chi connectivity index (χ2v) is 4.49. The quantitative estimate of drug-likeness (QED) is 0.896. The number of aryl methyl sites for hydroxylation is 1. The maximum Gasteiger partial charge on any atom is 0.124 e. The number of nitrogens with two attached hydrogens (primary N) is 1. The zero-order valence-corrected chi connectivity index (χ0v) is 10.8. The first kappa shape index (κ1) is 12.6. The first-order valence-electron chi connectivity index (χ1n) is 6.04. The van der Waals surface area contributed by atoms with Crippen LogP contribution >= 0.6 is 0 Å². The van der Waals surface area contributed by atoms with Crippen molar-refractivity contribution < 1.29 is 4.74 Å². The molecule has 0 fully saturated rings. The monoisotopic (exact) mass is 242 g/mol. The fraction of sp³-hybridized carbons (Fsp3) is 0.267. The van der Waals surface area contributed by atoms with Crippen molar-refractivity contribution in [2.45, 2.75) is 26.5 Å². The maximum atomic E-state index is 5.92.